The third-order valence-electron chi connectivity index (χ3n) is 3.91. The van der Waals surface area contributed by atoms with Gasteiger partial charge in [0.2, 0.25) is 5.91 Å². The van der Waals surface area contributed by atoms with E-state index in [1.165, 1.54) is 11.3 Å². The van der Waals surface area contributed by atoms with E-state index in [1.807, 2.05) is 0 Å². The molecule has 2 aliphatic rings. The molecule has 0 radical (unpaired) electrons. The van der Waals surface area contributed by atoms with Crippen LogP contribution < -0.4 is 5.32 Å². The fourth-order valence-electron chi connectivity index (χ4n) is 2.60. The largest absolute Gasteiger partial charge is 0.462 e. The second kappa shape index (κ2) is 6.98. The quantitative estimate of drug-likeness (QED) is 0.853. The van der Waals surface area contributed by atoms with Crippen molar-refractivity contribution in [3.63, 3.8) is 0 Å². The highest BCUT2D eigenvalue weighted by Gasteiger charge is 2.33. The Balaban J connectivity index is 0.00000176. The third kappa shape index (κ3) is 3.45. The van der Waals surface area contributed by atoms with Crippen LogP contribution in [0.3, 0.4) is 0 Å². The molecule has 0 atom stereocenters. The molecule has 1 aromatic heterocycles. The molecule has 1 aliphatic carbocycles. The number of thiophene rings is 1. The number of esters is 1. The molecule has 7 heteroatoms. The molecule has 1 amide bonds. The predicted octanol–water partition coefficient (Wildman–Crippen LogP) is 2.68. The minimum atomic E-state index is -0.314. The maximum atomic E-state index is 12.3. The van der Waals surface area contributed by atoms with Gasteiger partial charge in [0.05, 0.1) is 12.2 Å². The summed E-state index contributed by atoms with van der Waals surface area (Å²) >= 11 is 1.52. The molecule has 3 rings (SSSR count). The summed E-state index contributed by atoms with van der Waals surface area (Å²) in [5.41, 5.74) is 1.64. The molecule has 5 nitrogen and oxygen atoms in total. The Bertz CT molecular complexity index is 584. The topological polar surface area (TPSA) is 58.6 Å². The second-order valence-corrected chi connectivity index (χ2v) is 6.78. The molecule has 0 unspecified atom stereocenters. The number of nitrogens with one attached hydrogen (secondary N) is 1. The molecular weight excluding hydrogens is 324 g/mol. The van der Waals surface area contributed by atoms with Crippen LogP contribution in [0.25, 0.3) is 0 Å². The van der Waals surface area contributed by atoms with Crippen LogP contribution in [0.15, 0.2) is 0 Å². The molecular formula is C15H21ClN2O3S. The van der Waals surface area contributed by atoms with Gasteiger partial charge in [0.25, 0.3) is 0 Å². The van der Waals surface area contributed by atoms with E-state index in [0.717, 1.165) is 42.8 Å². The fraction of sp³-hybridized carbons (Fsp3) is 0.600. The molecule has 1 aromatic rings. The maximum absolute atomic E-state index is 12.3. The van der Waals surface area contributed by atoms with E-state index in [4.69, 9.17) is 4.74 Å². The van der Waals surface area contributed by atoms with Crippen LogP contribution in [0.1, 0.15) is 40.6 Å². The van der Waals surface area contributed by atoms with Gasteiger partial charge in [0.15, 0.2) is 0 Å². The van der Waals surface area contributed by atoms with E-state index in [2.05, 4.69) is 17.3 Å². The first-order valence-corrected chi connectivity index (χ1v) is 8.22. The van der Waals surface area contributed by atoms with Gasteiger partial charge in [-0.2, -0.15) is 0 Å². The molecule has 2 heterocycles. The summed E-state index contributed by atoms with van der Waals surface area (Å²) < 4.78 is 5.18. The molecule has 0 spiro atoms. The first-order chi connectivity index (χ1) is 10.1. The first-order valence-electron chi connectivity index (χ1n) is 7.41. The average molecular weight is 345 g/mol. The van der Waals surface area contributed by atoms with Crippen molar-refractivity contribution in [1.82, 2.24) is 4.90 Å². The smallest absolute Gasteiger partial charge is 0.341 e. The second-order valence-electron chi connectivity index (χ2n) is 5.68. The van der Waals surface area contributed by atoms with Crippen LogP contribution in [0.4, 0.5) is 5.00 Å². The van der Waals surface area contributed by atoms with E-state index in [0.29, 0.717) is 17.2 Å². The van der Waals surface area contributed by atoms with Crippen LogP contribution in [0.5, 0.6) is 0 Å². The van der Waals surface area contributed by atoms with Gasteiger partial charge in [-0.3, -0.25) is 4.79 Å². The van der Waals surface area contributed by atoms with Crippen molar-refractivity contribution in [3.05, 3.63) is 16.0 Å². The Kier molecular flexibility index (Phi) is 5.47. The Labute approximate surface area is 140 Å². The van der Waals surface area contributed by atoms with Crippen molar-refractivity contribution in [2.75, 3.05) is 25.5 Å². The number of hydrogen-bond acceptors (Lipinski definition) is 5. The highest BCUT2D eigenvalue weighted by molar-refractivity contribution is 7.17. The first kappa shape index (κ1) is 17.2. The number of ether oxygens (including phenoxy) is 1. The van der Waals surface area contributed by atoms with Gasteiger partial charge in [-0.25, -0.2) is 4.79 Å². The van der Waals surface area contributed by atoms with Crippen molar-refractivity contribution in [2.45, 2.75) is 32.7 Å². The normalized spacial score (nSPS) is 17.4. The summed E-state index contributed by atoms with van der Waals surface area (Å²) in [6.07, 6.45) is 2.73. The van der Waals surface area contributed by atoms with Crippen molar-refractivity contribution in [1.29, 1.82) is 0 Å². The van der Waals surface area contributed by atoms with Crippen molar-refractivity contribution < 1.29 is 14.3 Å². The van der Waals surface area contributed by atoms with Crippen molar-refractivity contribution in [3.8, 4) is 0 Å². The molecule has 22 heavy (non-hydrogen) atoms. The summed E-state index contributed by atoms with van der Waals surface area (Å²) in [7, 11) is 2.06. The predicted molar refractivity (Wildman–Crippen MR) is 88.9 cm³/mol. The standard InChI is InChI=1S/C15H20N2O3S.ClH/c1-3-20-15(19)12-10-6-7-17(2)8-11(10)21-14(12)16-13(18)9-4-5-9;/h9H,3-8H2,1-2H3,(H,16,18);1H. The van der Waals surface area contributed by atoms with Crippen LogP contribution in [0, 0.1) is 5.92 Å². The molecule has 122 valence electrons. The van der Waals surface area contributed by atoms with Crippen molar-refractivity contribution >= 4 is 40.6 Å². The lowest BCUT2D eigenvalue weighted by Crippen LogP contribution is -2.26. The Morgan fingerprint density at radius 3 is 2.77 bits per heavy atom. The fourth-order valence-corrected chi connectivity index (χ4v) is 3.92. The van der Waals surface area contributed by atoms with Gasteiger partial charge in [-0.15, -0.1) is 23.7 Å². The van der Waals surface area contributed by atoms with Crippen LogP contribution >= 0.6 is 23.7 Å². The van der Waals surface area contributed by atoms with E-state index < -0.39 is 0 Å². The molecule has 1 fully saturated rings. The molecule has 0 bridgehead atoms. The van der Waals surface area contributed by atoms with E-state index in [-0.39, 0.29) is 30.2 Å². The number of amides is 1. The van der Waals surface area contributed by atoms with E-state index in [9.17, 15) is 9.59 Å². The zero-order valence-electron chi connectivity index (χ0n) is 12.8. The van der Waals surface area contributed by atoms with Gasteiger partial charge in [-0.05, 0) is 38.8 Å². The monoisotopic (exact) mass is 344 g/mol. The molecule has 1 aliphatic heterocycles. The van der Waals surface area contributed by atoms with Crippen LogP contribution in [0.2, 0.25) is 0 Å². The third-order valence-corrected chi connectivity index (χ3v) is 5.04. The van der Waals surface area contributed by atoms with E-state index in [1.54, 1.807) is 6.92 Å². The lowest BCUT2D eigenvalue weighted by atomic mass is 10.0. The number of anilines is 1. The van der Waals surface area contributed by atoms with Gasteiger partial charge < -0.3 is 15.0 Å². The van der Waals surface area contributed by atoms with Gasteiger partial charge >= 0.3 is 5.97 Å². The highest BCUT2D eigenvalue weighted by Crippen LogP contribution is 2.39. The number of likely N-dealkylation sites (N-methyl/N-ethyl adjacent to an activating group) is 1. The number of rotatable bonds is 4. The minimum absolute atomic E-state index is 0. The zero-order valence-corrected chi connectivity index (χ0v) is 14.4. The molecule has 1 saturated carbocycles. The summed E-state index contributed by atoms with van der Waals surface area (Å²) in [4.78, 5) is 27.7. The zero-order chi connectivity index (χ0) is 15.0. The molecule has 0 saturated heterocycles. The number of carbonyl (C=O) groups excluding carboxylic acids is 2. The van der Waals surface area contributed by atoms with Gasteiger partial charge in [0, 0.05) is 23.9 Å². The Morgan fingerprint density at radius 2 is 2.14 bits per heavy atom. The summed E-state index contributed by atoms with van der Waals surface area (Å²) in [5, 5.41) is 3.62. The SMILES string of the molecule is CCOC(=O)c1c(NC(=O)C2CC2)sc2c1CCN(C)C2.Cl. The summed E-state index contributed by atoms with van der Waals surface area (Å²) in [6.45, 7) is 3.89. The highest BCUT2D eigenvalue weighted by atomic mass is 35.5. The number of fused-ring (bicyclic) bond motifs is 1. The molecule has 1 N–H and O–H groups in total. The Morgan fingerprint density at radius 1 is 1.41 bits per heavy atom. The Hall–Kier alpha value is -1.11. The van der Waals surface area contributed by atoms with Crippen LogP contribution in [-0.4, -0.2) is 37.0 Å². The number of hydrogen-bond donors (Lipinski definition) is 1. The summed E-state index contributed by atoms with van der Waals surface area (Å²) in [5.74, 6) is -0.153. The number of carbonyl (C=O) groups is 2. The lowest BCUT2D eigenvalue weighted by molar-refractivity contribution is -0.117. The van der Waals surface area contributed by atoms with E-state index >= 15 is 0 Å². The van der Waals surface area contributed by atoms with Crippen LogP contribution in [-0.2, 0) is 22.5 Å². The minimum Gasteiger partial charge on any atom is -0.462 e. The average Bonchev–Trinajstić information content (AvgIpc) is 3.21. The number of nitrogens with zero attached hydrogens (tertiary/aromatic N) is 1. The summed E-state index contributed by atoms with van der Waals surface area (Å²) in [6, 6.07) is 0. The number of halogens is 1. The lowest BCUT2D eigenvalue weighted by Gasteiger charge is -2.22. The van der Waals surface area contributed by atoms with Crippen molar-refractivity contribution in [2.24, 2.45) is 5.92 Å². The molecule has 0 aromatic carbocycles. The maximum Gasteiger partial charge on any atom is 0.341 e. The van der Waals surface area contributed by atoms with Gasteiger partial charge in [0.1, 0.15) is 5.00 Å². The van der Waals surface area contributed by atoms with Gasteiger partial charge in [-0.1, -0.05) is 0 Å².